The third-order valence-corrected chi connectivity index (χ3v) is 5.54. The van der Waals surface area contributed by atoms with Crippen molar-refractivity contribution in [2.24, 2.45) is 23.5 Å². The molecule has 3 heteroatoms. The van der Waals surface area contributed by atoms with E-state index in [1.165, 1.54) is 18.4 Å². The van der Waals surface area contributed by atoms with Crippen molar-refractivity contribution >= 4 is 5.91 Å². The van der Waals surface area contributed by atoms with Crippen LogP contribution < -0.4 is 11.1 Å². The van der Waals surface area contributed by atoms with E-state index in [1.54, 1.807) is 0 Å². The van der Waals surface area contributed by atoms with Gasteiger partial charge < -0.3 is 11.1 Å². The fourth-order valence-electron chi connectivity index (χ4n) is 4.14. The van der Waals surface area contributed by atoms with E-state index in [0.717, 1.165) is 6.42 Å². The Bertz CT molecular complexity index is 509. The minimum absolute atomic E-state index is 0.0373. The molecule has 0 aromatic heterocycles. The van der Waals surface area contributed by atoms with Gasteiger partial charge in [-0.05, 0) is 36.7 Å². The van der Waals surface area contributed by atoms with Gasteiger partial charge in [0, 0.05) is 18.0 Å². The Labute approximate surface area is 127 Å². The summed E-state index contributed by atoms with van der Waals surface area (Å²) < 4.78 is 0. The highest BCUT2D eigenvalue weighted by atomic mass is 16.1. The van der Waals surface area contributed by atoms with Crippen LogP contribution in [0.2, 0.25) is 0 Å². The van der Waals surface area contributed by atoms with E-state index in [4.69, 9.17) is 5.73 Å². The maximum Gasteiger partial charge on any atom is 0.224 e. The van der Waals surface area contributed by atoms with Crippen LogP contribution in [-0.2, 0) is 10.2 Å². The molecule has 0 heterocycles. The molecule has 0 radical (unpaired) electrons. The summed E-state index contributed by atoms with van der Waals surface area (Å²) in [5, 5.41) is 3.16. The van der Waals surface area contributed by atoms with Crippen LogP contribution in [0.1, 0.15) is 38.7 Å². The highest BCUT2D eigenvalue weighted by molar-refractivity contribution is 5.80. The summed E-state index contributed by atoms with van der Waals surface area (Å²) in [7, 11) is 0. The van der Waals surface area contributed by atoms with Crippen LogP contribution in [0.25, 0.3) is 0 Å². The molecule has 0 saturated heterocycles. The summed E-state index contributed by atoms with van der Waals surface area (Å²) in [6.07, 6.45) is 3.55. The highest BCUT2D eigenvalue weighted by Gasteiger charge is 2.49. The predicted octanol–water partition coefficient (Wildman–Crippen LogP) is 2.45. The molecule has 21 heavy (non-hydrogen) atoms. The first-order valence-corrected chi connectivity index (χ1v) is 8.08. The number of nitrogens with two attached hydrogens (primary N) is 1. The number of benzene rings is 1. The van der Waals surface area contributed by atoms with E-state index >= 15 is 0 Å². The molecule has 3 rings (SSSR count). The van der Waals surface area contributed by atoms with Crippen LogP contribution in [0.15, 0.2) is 30.3 Å². The van der Waals surface area contributed by atoms with Gasteiger partial charge in [-0.3, -0.25) is 4.79 Å². The molecule has 0 aliphatic heterocycles. The lowest BCUT2D eigenvalue weighted by molar-refractivity contribution is -0.127. The summed E-state index contributed by atoms with van der Waals surface area (Å²) in [6.45, 7) is 5.00. The van der Waals surface area contributed by atoms with Gasteiger partial charge in [-0.15, -0.1) is 0 Å². The lowest BCUT2D eigenvalue weighted by Crippen LogP contribution is -2.47. The summed E-state index contributed by atoms with van der Waals surface area (Å²) in [5.74, 6) is 1.30. The van der Waals surface area contributed by atoms with Crippen molar-refractivity contribution in [3.05, 3.63) is 35.9 Å². The van der Waals surface area contributed by atoms with Crippen molar-refractivity contribution in [3.8, 4) is 0 Å². The Morgan fingerprint density at radius 1 is 1.24 bits per heavy atom. The van der Waals surface area contributed by atoms with Gasteiger partial charge in [0.15, 0.2) is 0 Å². The molecule has 2 aliphatic carbocycles. The first-order chi connectivity index (χ1) is 9.99. The SMILES string of the molecule is CC(C)(CNC(=O)C1C2CCC(C2)C1N)c1ccccc1. The minimum Gasteiger partial charge on any atom is -0.355 e. The summed E-state index contributed by atoms with van der Waals surface area (Å²) >= 11 is 0. The average Bonchev–Trinajstić information content (AvgIpc) is 3.07. The van der Waals surface area contributed by atoms with Crippen LogP contribution in [-0.4, -0.2) is 18.5 Å². The zero-order valence-corrected chi connectivity index (χ0v) is 13.0. The average molecular weight is 286 g/mol. The Morgan fingerprint density at radius 3 is 2.52 bits per heavy atom. The lowest BCUT2D eigenvalue weighted by atomic mass is 9.82. The fraction of sp³-hybridized carbons (Fsp3) is 0.611. The van der Waals surface area contributed by atoms with Crippen LogP contribution in [0.3, 0.4) is 0 Å². The monoisotopic (exact) mass is 286 g/mol. The third-order valence-electron chi connectivity index (χ3n) is 5.54. The van der Waals surface area contributed by atoms with E-state index in [2.05, 4.69) is 31.3 Å². The molecule has 3 nitrogen and oxygen atoms in total. The Morgan fingerprint density at radius 2 is 1.90 bits per heavy atom. The number of carbonyl (C=O) groups is 1. The maximum absolute atomic E-state index is 12.5. The number of fused-ring (bicyclic) bond motifs is 2. The first kappa shape index (κ1) is 14.6. The lowest BCUT2D eigenvalue weighted by Gasteiger charge is -2.30. The molecule has 2 fully saturated rings. The summed E-state index contributed by atoms with van der Waals surface area (Å²) in [5.41, 5.74) is 7.45. The van der Waals surface area contributed by atoms with Gasteiger partial charge in [0.2, 0.25) is 5.91 Å². The summed E-state index contributed by atoms with van der Waals surface area (Å²) in [4.78, 5) is 12.5. The topological polar surface area (TPSA) is 55.1 Å². The van der Waals surface area contributed by atoms with Crippen LogP contribution in [0.4, 0.5) is 0 Å². The second-order valence-corrected chi connectivity index (χ2v) is 7.40. The van der Waals surface area contributed by atoms with E-state index in [1.807, 2.05) is 18.2 Å². The highest BCUT2D eigenvalue weighted by Crippen LogP contribution is 2.47. The van der Waals surface area contributed by atoms with Gasteiger partial charge in [-0.2, -0.15) is 0 Å². The molecule has 1 aromatic rings. The van der Waals surface area contributed by atoms with Gasteiger partial charge >= 0.3 is 0 Å². The molecule has 1 amide bonds. The van der Waals surface area contributed by atoms with Crippen molar-refractivity contribution in [3.63, 3.8) is 0 Å². The summed E-state index contributed by atoms with van der Waals surface area (Å²) in [6, 6.07) is 10.4. The molecule has 2 aliphatic rings. The largest absolute Gasteiger partial charge is 0.355 e. The molecule has 4 atom stereocenters. The van der Waals surface area contributed by atoms with Crippen LogP contribution in [0, 0.1) is 17.8 Å². The van der Waals surface area contributed by atoms with Crippen molar-refractivity contribution < 1.29 is 4.79 Å². The van der Waals surface area contributed by atoms with E-state index in [0.29, 0.717) is 18.4 Å². The molecule has 4 unspecified atom stereocenters. The molecular weight excluding hydrogens is 260 g/mol. The molecule has 2 bridgehead atoms. The zero-order chi connectivity index (χ0) is 15.0. The number of nitrogens with one attached hydrogen (secondary N) is 1. The van der Waals surface area contributed by atoms with Crippen molar-refractivity contribution in [2.45, 2.75) is 44.6 Å². The minimum atomic E-state index is -0.0569. The number of hydrogen-bond acceptors (Lipinski definition) is 2. The van der Waals surface area contributed by atoms with Gasteiger partial charge in [0.25, 0.3) is 0 Å². The van der Waals surface area contributed by atoms with Gasteiger partial charge in [-0.25, -0.2) is 0 Å². The molecule has 1 aromatic carbocycles. The first-order valence-electron chi connectivity index (χ1n) is 8.08. The quantitative estimate of drug-likeness (QED) is 0.893. The van der Waals surface area contributed by atoms with Crippen LogP contribution >= 0.6 is 0 Å². The van der Waals surface area contributed by atoms with Crippen molar-refractivity contribution in [1.82, 2.24) is 5.32 Å². The van der Waals surface area contributed by atoms with E-state index < -0.39 is 0 Å². The van der Waals surface area contributed by atoms with Gasteiger partial charge in [-0.1, -0.05) is 44.2 Å². The second kappa shape index (κ2) is 5.45. The predicted molar refractivity (Wildman–Crippen MR) is 84.8 cm³/mol. The number of amides is 1. The molecule has 114 valence electrons. The Hall–Kier alpha value is -1.35. The maximum atomic E-state index is 12.5. The standard InChI is InChI=1S/C18H26N2O/c1-18(2,14-6-4-3-5-7-14)11-20-17(21)15-12-8-9-13(10-12)16(15)19/h3-7,12-13,15-16H,8-11,19H2,1-2H3,(H,20,21). The van der Waals surface area contributed by atoms with Gasteiger partial charge in [0.05, 0.1) is 5.92 Å². The smallest absolute Gasteiger partial charge is 0.224 e. The normalized spacial score (nSPS) is 31.4. The Balaban J connectivity index is 1.61. The molecule has 3 N–H and O–H groups in total. The van der Waals surface area contributed by atoms with Gasteiger partial charge in [0.1, 0.15) is 0 Å². The third kappa shape index (κ3) is 2.71. The van der Waals surface area contributed by atoms with E-state index in [9.17, 15) is 4.79 Å². The van der Waals surface area contributed by atoms with Crippen molar-refractivity contribution in [1.29, 1.82) is 0 Å². The number of rotatable bonds is 4. The Kier molecular flexibility index (Phi) is 3.78. The molecule has 2 saturated carbocycles. The number of carbonyl (C=O) groups excluding carboxylic acids is 1. The van der Waals surface area contributed by atoms with Crippen LogP contribution in [0.5, 0.6) is 0 Å². The molecular formula is C18H26N2O. The zero-order valence-electron chi connectivity index (χ0n) is 13.0. The number of hydrogen-bond donors (Lipinski definition) is 2. The second-order valence-electron chi connectivity index (χ2n) is 7.40. The fourth-order valence-corrected chi connectivity index (χ4v) is 4.14. The van der Waals surface area contributed by atoms with Crippen molar-refractivity contribution in [2.75, 3.05) is 6.54 Å². The molecule has 0 spiro atoms. The van der Waals surface area contributed by atoms with E-state index in [-0.39, 0.29) is 23.3 Å².